The van der Waals surface area contributed by atoms with Crippen LogP contribution in [0.2, 0.25) is 5.02 Å². The van der Waals surface area contributed by atoms with E-state index in [0.29, 0.717) is 48.2 Å². The first-order chi connectivity index (χ1) is 23.2. The number of carbonyl (C=O) groups is 1. The lowest BCUT2D eigenvalue weighted by molar-refractivity contribution is -0.132. The molecule has 13 heteroatoms. The molecule has 250 valence electrons. The van der Waals surface area contributed by atoms with Crippen LogP contribution in [0.4, 0.5) is 5.69 Å². The molecular formula is C35H35ClN4O7S. The van der Waals surface area contributed by atoms with Gasteiger partial charge in [-0.05, 0) is 60.9 Å². The molecule has 1 saturated heterocycles. The third-order valence-corrected chi connectivity index (χ3v) is 10.9. The first-order valence-corrected chi connectivity index (χ1v) is 17.5. The quantitative estimate of drug-likeness (QED) is 0.206. The smallest absolute Gasteiger partial charge is 0.274 e. The van der Waals surface area contributed by atoms with Gasteiger partial charge >= 0.3 is 0 Å². The molecule has 4 aromatic rings. The number of halogens is 1. The van der Waals surface area contributed by atoms with Gasteiger partial charge in [-0.2, -0.15) is 0 Å². The van der Waals surface area contributed by atoms with Gasteiger partial charge in [-0.25, -0.2) is 17.7 Å². The molecule has 3 aliphatic heterocycles. The number of nitrogens with zero attached hydrogens (tertiary/aromatic N) is 3. The number of hydrogen-bond acceptors (Lipinski definition) is 10. The summed E-state index contributed by atoms with van der Waals surface area (Å²) in [6, 6.07) is 18.2. The summed E-state index contributed by atoms with van der Waals surface area (Å²) in [4.78, 5) is 21.6. The Balaban J connectivity index is 1.38. The van der Waals surface area contributed by atoms with Crippen LogP contribution in [-0.2, 0) is 36.4 Å². The fraction of sp³-hybridized carbons (Fsp3) is 0.314. The summed E-state index contributed by atoms with van der Waals surface area (Å²) in [5.41, 5.74) is 0.448. The number of ether oxygens (including phenoxy) is 3. The van der Waals surface area contributed by atoms with Gasteiger partial charge in [-0.15, -0.1) is 0 Å². The van der Waals surface area contributed by atoms with Gasteiger partial charge in [-0.1, -0.05) is 49.7 Å². The van der Waals surface area contributed by atoms with E-state index in [9.17, 15) is 8.42 Å². The molecule has 0 radical (unpaired) electrons. The highest BCUT2D eigenvalue weighted by Crippen LogP contribution is 2.57. The minimum Gasteiger partial charge on any atom is -0.497 e. The van der Waals surface area contributed by atoms with E-state index in [2.05, 4.69) is 24.1 Å². The summed E-state index contributed by atoms with van der Waals surface area (Å²) in [6.07, 6.45) is 4.85. The fourth-order valence-corrected chi connectivity index (χ4v) is 8.39. The molecule has 0 bridgehead atoms. The Morgan fingerprint density at radius 1 is 1.12 bits per heavy atom. The largest absolute Gasteiger partial charge is 0.497 e. The second-order valence-electron chi connectivity index (χ2n) is 12.1. The summed E-state index contributed by atoms with van der Waals surface area (Å²) in [5, 5.41) is 3.76. The van der Waals surface area contributed by atoms with E-state index in [1.807, 2.05) is 29.2 Å². The van der Waals surface area contributed by atoms with Crippen LogP contribution in [0.15, 0.2) is 101 Å². The molecule has 4 heterocycles. The highest BCUT2D eigenvalue weighted by Gasteiger charge is 2.65. The normalized spacial score (nSPS) is 22.5. The lowest BCUT2D eigenvalue weighted by Crippen LogP contribution is -2.55. The molecule has 1 amide bonds. The van der Waals surface area contributed by atoms with E-state index in [1.54, 1.807) is 24.4 Å². The molecular weight excluding hydrogens is 656 g/mol. The van der Waals surface area contributed by atoms with Crippen molar-refractivity contribution in [3.63, 3.8) is 0 Å². The number of fused-ring (bicyclic) bond motifs is 1. The summed E-state index contributed by atoms with van der Waals surface area (Å²) in [5.74, 6) is 0.268. The molecule has 1 N–H and O–H groups in total. The zero-order chi connectivity index (χ0) is 33.6. The van der Waals surface area contributed by atoms with Crippen LogP contribution in [-0.4, -0.2) is 43.9 Å². The topological polar surface area (TPSA) is 123 Å². The average Bonchev–Trinajstić information content (AvgIpc) is 3.90. The van der Waals surface area contributed by atoms with Crippen molar-refractivity contribution >= 4 is 33.2 Å². The van der Waals surface area contributed by atoms with E-state index in [-0.39, 0.29) is 22.4 Å². The van der Waals surface area contributed by atoms with Gasteiger partial charge < -0.3 is 23.9 Å². The minimum atomic E-state index is -4.44. The number of likely N-dealkylation sites (tertiary alicyclic amines) is 1. The number of benzene rings is 3. The molecule has 0 saturated carbocycles. The Kier molecular flexibility index (Phi) is 8.44. The lowest BCUT2D eigenvalue weighted by atomic mass is 9.86. The first kappa shape index (κ1) is 32.2. The number of hydrogen-bond donors (Lipinski definition) is 1. The molecule has 0 aliphatic carbocycles. The molecule has 3 aromatic carbocycles. The zero-order valence-electron chi connectivity index (χ0n) is 26.6. The number of nitrogens with one attached hydrogen (secondary N) is 1. The Labute approximate surface area is 284 Å². The Bertz CT molecular complexity index is 1970. The van der Waals surface area contributed by atoms with Gasteiger partial charge in [0.25, 0.3) is 22.2 Å². The average molecular weight is 691 g/mol. The zero-order valence-corrected chi connectivity index (χ0v) is 28.2. The third-order valence-electron chi connectivity index (χ3n) is 8.98. The molecule has 3 unspecified atom stereocenters. The maximum Gasteiger partial charge on any atom is 0.274 e. The van der Waals surface area contributed by atoms with Crippen molar-refractivity contribution in [1.82, 2.24) is 15.2 Å². The first-order valence-electron chi connectivity index (χ1n) is 15.7. The highest BCUT2D eigenvalue weighted by atomic mass is 35.5. The van der Waals surface area contributed by atoms with Crippen molar-refractivity contribution in [2.75, 3.05) is 18.0 Å². The predicted octanol–water partition coefficient (Wildman–Crippen LogP) is 6.19. The summed E-state index contributed by atoms with van der Waals surface area (Å²) >= 11 is 6.62. The third kappa shape index (κ3) is 5.23. The Hall–Kier alpha value is -4.36. The number of methoxy groups -OCH3 is 1. The van der Waals surface area contributed by atoms with Crippen LogP contribution in [0, 0.1) is 0 Å². The molecule has 3 aliphatic rings. The van der Waals surface area contributed by atoms with Gasteiger partial charge in [0.1, 0.15) is 18.3 Å². The van der Waals surface area contributed by atoms with Gasteiger partial charge in [-0.3, -0.25) is 9.69 Å². The summed E-state index contributed by atoms with van der Waals surface area (Å²) in [7, 11) is -2.95. The molecule has 0 spiro atoms. The molecule has 3 atom stereocenters. The Morgan fingerprint density at radius 3 is 2.65 bits per heavy atom. The number of sulfonamides is 1. The second-order valence-corrected chi connectivity index (χ2v) is 14.4. The number of rotatable bonds is 10. The van der Waals surface area contributed by atoms with Crippen LogP contribution in [0.1, 0.15) is 61.6 Å². The molecule has 48 heavy (non-hydrogen) atoms. The molecule has 11 nitrogen and oxygen atoms in total. The predicted molar refractivity (Wildman–Crippen MR) is 177 cm³/mol. The maximum atomic E-state index is 15.3. The standard InChI is InChI=1S/C35H35ClN4O7S/c1-22(2)38-20-23-7-4-5-8-27(23)33-46-21-31(47-33)35(39-17-6-9-30(39)32-37-16-18-45-32)28-19-24(36)10-15-29(28)40(34(35)41)48(42,43)26-13-11-25(44-3)12-14-26/h4-5,7-8,10-16,18-19,21-22,30,33,38H,6,9,17,20H2,1-3H3. The van der Waals surface area contributed by atoms with Crippen molar-refractivity contribution < 1.29 is 31.8 Å². The van der Waals surface area contributed by atoms with Crippen LogP contribution < -0.4 is 14.4 Å². The minimum absolute atomic E-state index is 0.0824. The van der Waals surface area contributed by atoms with Gasteiger partial charge in [0.2, 0.25) is 5.89 Å². The lowest BCUT2D eigenvalue weighted by Gasteiger charge is -2.40. The van der Waals surface area contributed by atoms with E-state index in [0.717, 1.165) is 15.4 Å². The Morgan fingerprint density at radius 2 is 1.92 bits per heavy atom. The number of anilines is 1. The van der Waals surface area contributed by atoms with Crippen molar-refractivity contribution in [1.29, 1.82) is 0 Å². The summed E-state index contributed by atoms with van der Waals surface area (Å²) < 4.78 is 53.6. The molecule has 7 rings (SSSR count). The second kappa shape index (κ2) is 12.6. The SMILES string of the molecule is COc1ccc(S(=O)(=O)N2C(=O)C(C3=COC(c4ccccc4CNC(C)C)O3)(N3CCCC3c3ncco3)c3cc(Cl)ccc32)cc1. The molecule has 1 fully saturated rings. The van der Waals surface area contributed by atoms with Crippen molar-refractivity contribution in [2.24, 2.45) is 0 Å². The van der Waals surface area contributed by atoms with E-state index < -0.39 is 33.8 Å². The maximum absolute atomic E-state index is 15.3. The van der Waals surface area contributed by atoms with Crippen LogP contribution in [0.25, 0.3) is 0 Å². The molecule has 1 aromatic heterocycles. The van der Waals surface area contributed by atoms with Crippen LogP contribution in [0.3, 0.4) is 0 Å². The van der Waals surface area contributed by atoms with E-state index in [4.69, 9.17) is 30.2 Å². The van der Waals surface area contributed by atoms with E-state index >= 15 is 4.79 Å². The van der Waals surface area contributed by atoms with Crippen LogP contribution in [0.5, 0.6) is 5.75 Å². The van der Waals surface area contributed by atoms with Crippen molar-refractivity contribution in [3.8, 4) is 5.75 Å². The fourth-order valence-electron chi connectivity index (χ4n) is 6.76. The van der Waals surface area contributed by atoms with Gasteiger partial charge in [0.05, 0.1) is 29.9 Å². The van der Waals surface area contributed by atoms with Crippen molar-refractivity contribution in [3.05, 3.63) is 119 Å². The summed E-state index contributed by atoms with van der Waals surface area (Å²) in [6.45, 7) is 5.10. The van der Waals surface area contributed by atoms with Crippen LogP contribution >= 0.6 is 11.6 Å². The highest BCUT2D eigenvalue weighted by molar-refractivity contribution is 7.93. The van der Waals surface area contributed by atoms with Gasteiger partial charge in [0, 0.05) is 35.3 Å². The number of amides is 1. The van der Waals surface area contributed by atoms with E-state index in [1.165, 1.54) is 43.9 Å². The van der Waals surface area contributed by atoms with Gasteiger partial charge in [0.15, 0.2) is 11.3 Å². The monoisotopic (exact) mass is 690 g/mol. The number of oxazole rings is 1. The number of aromatic nitrogens is 1. The number of carbonyl (C=O) groups excluding carboxylic acids is 1. The van der Waals surface area contributed by atoms with Crippen molar-refractivity contribution in [2.45, 2.75) is 62.0 Å².